The lowest BCUT2D eigenvalue weighted by molar-refractivity contribution is -0.135. The average molecular weight is 371 g/mol. The number of halogens is 1. The molecule has 22 heavy (non-hydrogen) atoms. The standard InChI is InChI=1S/C16H23BrN2O3/c1-12(2)18-15(20)11-19(3)16(21)8-5-9-22-14-7-4-6-13(17)10-14/h4,6-7,10,12H,5,8-9,11H2,1-3H3,(H,18,20). The molecule has 0 aliphatic carbocycles. The van der Waals surface area contributed by atoms with Crippen LogP contribution in [0.1, 0.15) is 26.7 Å². The van der Waals surface area contributed by atoms with Gasteiger partial charge < -0.3 is 15.0 Å². The lowest BCUT2D eigenvalue weighted by Crippen LogP contribution is -2.40. The molecule has 0 heterocycles. The van der Waals surface area contributed by atoms with Gasteiger partial charge in [-0.2, -0.15) is 0 Å². The second-order valence-electron chi connectivity index (χ2n) is 5.38. The Bertz CT molecular complexity index is 506. The Kier molecular flexibility index (Phi) is 7.95. The molecule has 1 aromatic carbocycles. The highest BCUT2D eigenvalue weighted by atomic mass is 79.9. The predicted molar refractivity (Wildman–Crippen MR) is 89.8 cm³/mol. The topological polar surface area (TPSA) is 58.6 Å². The van der Waals surface area contributed by atoms with Crippen LogP contribution in [0.25, 0.3) is 0 Å². The highest BCUT2D eigenvalue weighted by Crippen LogP contribution is 2.17. The van der Waals surface area contributed by atoms with Crippen LogP contribution >= 0.6 is 15.9 Å². The van der Waals surface area contributed by atoms with Gasteiger partial charge in [0, 0.05) is 24.0 Å². The van der Waals surface area contributed by atoms with Gasteiger partial charge in [0.15, 0.2) is 0 Å². The third-order valence-corrected chi connectivity index (χ3v) is 3.35. The molecule has 122 valence electrons. The molecule has 1 rings (SSSR count). The molecule has 0 bridgehead atoms. The highest BCUT2D eigenvalue weighted by Gasteiger charge is 2.13. The van der Waals surface area contributed by atoms with Crippen LogP contribution in [0.3, 0.4) is 0 Å². The van der Waals surface area contributed by atoms with E-state index in [0.29, 0.717) is 19.4 Å². The summed E-state index contributed by atoms with van der Waals surface area (Å²) in [4.78, 5) is 24.9. The maximum atomic E-state index is 11.9. The summed E-state index contributed by atoms with van der Waals surface area (Å²) in [6.07, 6.45) is 0.973. The van der Waals surface area contributed by atoms with Crippen LogP contribution in [0.15, 0.2) is 28.7 Å². The van der Waals surface area contributed by atoms with E-state index in [-0.39, 0.29) is 24.4 Å². The molecule has 0 aliphatic heterocycles. The number of nitrogens with one attached hydrogen (secondary N) is 1. The quantitative estimate of drug-likeness (QED) is 0.715. The fourth-order valence-corrected chi connectivity index (χ4v) is 2.21. The Morgan fingerprint density at radius 1 is 1.36 bits per heavy atom. The van der Waals surface area contributed by atoms with Crippen LogP contribution in [-0.2, 0) is 9.59 Å². The summed E-state index contributed by atoms with van der Waals surface area (Å²) in [5.74, 6) is 0.569. The van der Waals surface area contributed by atoms with E-state index in [1.54, 1.807) is 7.05 Å². The van der Waals surface area contributed by atoms with Gasteiger partial charge in [-0.15, -0.1) is 0 Å². The van der Waals surface area contributed by atoms with Crippen LogP contribution in [-0.4, -0.2) is 43.0 Å². The van der Waals surface area contributed by atoms with Gasteiger partial charge in [-0.05, 0) is 38.5 Å². The minimum Gasteiger partial charge on any atom is -0.494 e. The molecule has 2 amide bonds. The largest absolute Gasteiger partial charge is 0.494 e. The molecule has 1 aromatic rings. The van der Waals surface area contributed by atoms with Gasteiger partial charge in [-0.25, -0.2) is 0 Å². The number of hydrogen-bond donors (Lipinski definition) is 1. The Morgan fingerprint density at radius 3 is 2.73 bits per heavy atom. The summed E-state index contributed by atoms with van der Waals surface area (Å²) in [6, 6.07) is 7.65. The summed E-state index contributed by atoms with van der Waals surface area (Å²) in [6.45, 7) is 4.33. The van der Waals surface area contributed by atoms with Gasteiger partial charge in [-0.1, -0.05) is 22.0 Å². The molecule has 0 fully saturated rings. The second kappa shape index (κ2) is 9.46. The van der Waals surface area contributed by atoms with Crippen LogP contribution in [0.2, 0.25) is 0 Å². The van der Waals surface area contributed by atoms with Gasteiger partial charge in [0.1, 0.15) is 5.75 Å². The minimum atomic E-state index is -0.142. The fourth-order valence-electron chi connectivity index (χ4n) is 1.83. The summed E-state index contributed by atoms with van der Waals surface area (Å²) in [5.41, 5.74) is 0. The van der Waals surface area contributed by atoms with Gasteiger partial charge >= 0.3 is 0 Å². The van der Waals surface area contributed by atoms with Crippen LogP contribution in [0.4, 0.5) is 0 Å². The van der Waals surface area contributed by atoms with Crippen molar-refractivity contribution in [2.75, 3.05) is 20.2 Å². The number of benzene rings is 1. The minimum absolute atomic E-state index is 0.0586. The Hall–Kier alpha value is -1.56. The van der Waals surface area contributed by atoms with Gasteiger partial charge in [0.25, 0.3) is 0 Å². The highest BCUT2D eigenvalue weighted by molar-refractivity contribution is 9.10. The molecule has 1 N–H and O–H groups in total. The van der Waals surface area contributed by atoms with Crippen molar-refractivity contribution in [2.24, 2.45) is 0 Å². The lowest BCUT2D eigenvalue weighted by atomic mass is 10.3. The number of carbonyl (C=O) groups excluding carboxylic acids is 2. The van der Waals surface area contributed by atoms with Crippen molar-refractivity contribution in [3.63, 3.8) is 0 Å². The van der Waals surface area contributed by atoms with Crippen LogP contribution in [0.5, 0.6) is 5.75 Å². The zero-order valence-corrected chi connectivity index (χ0v) is 14.9. The third kappa shape index (κ3) is 7.45. The van der Waals surface area contributed by atoms with E-state index in [1.807, 2.05) is 38.1 Å². The Labute approximate surface area is 140 Å². The predicted octanol–water partition coefficient (Wildman–Crippen LogP) is 2.59. The van der Waals surface area contributed by atoms with E-state index in [0.717, 1.165) is 10.2 Å². The maximum Gasteiger partial charge on any atom is 0.239 e. The van der Waals surface area contributed by atoms with Crippen molar-refractivity contribution in [1.29, 1.82) is 0 Å². The van der Waals surface area contributed by atoms with Crippen molar-refractivity contribution < 1.29 is 14.3 Å². The zero-order valence-electron chi connectivity index (χ0n) is 13.3. The molecule has 0 unspecified atom stereocenters. The average Bonchev–Trinajstić information content (AvgIpc) is 2.42. The Balaban J connectivity index is 2.23. The van der Waals surface area contributed by atoms with Gasteiger partial charge in [-0.3, -0.25) is 9.59 Å². The van der Waals surface area contributed by atoms with Crippen molar-refractivity contribution in [3.8, 4) is 5.75 Å². The van der Waals surface area contributed by atoms with Crippen molar-refractivity contribution in [3.05, 3.63) is 28.7 Å². The summed E-state index contributed by atoms with van der Waals surface area (Å²) in [7, 11) is 1.64. The molecular weight excluding hydrogens is 348 g/mol. The first-order chi connectivity index (χ1) is 10.4. The van der Waals surface area contributed by atoms with E-state index in [9.17, 15) is 9.59 Å². The van der Waals surface area contributed by atoms with E-state index in [2.05, 4.69) is 21.2 Å². The first-order valence-corrected chi connectivity index (χ1v) is 8.09. The monoisotopic (exact) mass is 370 g/mol. The molecule has 0 atom stereocenters. The van der Waals surface area contributed by atoms with Crippen molar-refractivity contribution >= 4 is 27.7 Å². The van der Waals surface area contributed by atoms with E-state index in [4.69, 9.17) is 4.74 Å². The van der Waals surface area contributed by atoms with Gasteiger partial charge in [0.05, 0.1) is 13.2 Å². The second-order valence-corrected chi connectivity index (χ2v) is 6.30. The smallest absolute Gasteiger partial charge is 0.239 e. The van der Waals surface area contributed by atoms with E-state index < -0.39 is 0 Å². The number of carbonyl (C=O) groups is 2. The summed E-state index contributed by atoms with van der Waals surface area (Å²) >= 11 is 3.37. The van der Waals surface area contributed by atoms with Crippen LogP contribution < -0.4 is 10.1 Å². The van der Waals surface area contributed by atoms with Crippen molar-refractivity contribution in [1.82, 2.24) is 10.2 Å². The molecule has 0 saturated carbocycles. The molecule has 0 radical (unpaired) electrons. The first-order valence-electron chi connectivity index (χ1n) is 7.30. The first kappa shape index (κ1) is 18.5. The summed E-state index contributed by atoms with van der Waals surface area (Å²) in [5, 5.41) is 2.76. The number of amides is 2. The number of rotatable bonds is 8. The molecule has 0 aromatic heterocycles. The lowest BCUT2D eigenvalue weighted by Gasteiger charge is -2.18. The Morgan fingerprint density at radius 2 is 2.09 bits per heavy atom. The third-order valence-electron chi connectivity index (χ3n) is 2.86. The SMILES string of the molecule is CC(C)NC(=O)CN(C)C(=O)CCCOc1cccc(Br)c1. The number of ether oxygens (including phenoxy) is 1. The zero-order chi connectivity index (χ0) is 16.5. The van der Waals surface area contributed by atoms with E-state index >= 15 is 0 Å². The number of nitrogens with zero attached hydrogens (tertiary/aromatic N) is 1. The van der Waals surface area contributed by atoms with E-state index in [1.165, 1.54) is 4.90 Å². The molecule has 6 heteroatoms. The molecule has 0 saturated heterocycles. The van der Waals surface area contributed by atoms with Crippen molar-refractivity contribution in [2.45, 2.75) is 32.7 Å². The van der Waals surface area contributed by atoms with Crippen LogP contribution in [0, 0.1) is 0 Å². The normalized spacial score (nSPS) is 10.4. The number of hydrogen-bond acceptors (Lipinski definition) is 3. The number of likely N-dealkylation sites (N-methyl/N-ethyl adjacent to an activating group) is 1. The fraction of sp³-hybridized carbons (Fsp3) is 0.500. The summed E-state index contributed by atoms with van der Waals surface area (Å²) < 4.78 is 6.53. The molecule has 0 spiro atoms. The maximum absolute atomic E-state index is 11.9. The van der Waals surface area contributed by atoms with Gasteiger partial charge in [0.2, 0.25) is 11.8 Å². The molecular formula is C16H23BrN2O3. The molecule has 0 aliphatic rings. The molecule has 5 nitrogen and oxygen atoms in total.